The number of carbonyl (C=O) groups is 1. The van der Waals surface area contributed by atoms with E-state index in [1.54, 1.807) is 0 Å². The van der Waals surface area contributed by atoms with E-state index in [0.29, 0.717) is 5.82 Å². The fraction of sp³-hybridized carbons (Fsp3) is 0.455. The smallest absolute Gasteiger partial charge is 0.228 e. The second kappa shape index (κ2) is 5.44. The molecule has 0 saturated carbocycles. The molecule has 0 unspecified atom stereocenters. The molecular weight excluding hydrogens is 303 g/mol. The summed E-state index contributed by atoms with van der Waals surface area (Å²) in [7, 11) is 0. The zero-order valence-corrected chi connectivity index (χ0v) is 11.3. The van der Waals surface area contributed by atoms with E-state index < -0.39 is 0 Å². The highest BCUT2D eigenvalue weighted by Crippen LogP contribution is 2.13. The third kappa shape index (κ3) is 3.44. The number of carbonyl (C=O) groups excluding carboxylic acids is 1. The minimum atomic E-state index is 0.0330. The number of rotatable bonds is 3. The molecule has 1 aromatic heterocycles. The average Bonchev–Trinajstić information content (AvgIpc) is 2.22. The van der Waals surface area contributed by atoms with Crippen LogP contribution in [0.3, 0.4) is 0 Å². The Hall–Kier alpha value is -0.650. The SMILES string of the molecule is CC[C@@H](C)C(=O)Nc1ccc(I)c(C)n1. The summed E-state index contributed by atoms with van der Waals surface area (Å²) in [5, 5.41) is 2.81. The highest BCUT2D eigenvalue weighted by atomic mass is 127. The van der Waals surface area contributed by atoms with Gasteiger partial charge in [0.05, 0.1) is 5.69 Å². The zero-order valence-electron chi connectivity index (χ0n) is 9.17. The van der Waals surface area contributed by atoms with Crippen molar-refractivity contribution in [3.05, 3.63) is 21.4 Å². The number of aryl methyl sites for hydroxylation is 1. The number of halogens is 1. The molecule has 0 aromatic carbocycles. The minimum absolute atomic E-state index is 0.0330. The Bertz CT molecular complexity index is 366. The second-order valence-corrected chi connectivity index (χ2v) is 4.72. The van der Waals surface area contributed by atoms with Crippen LogP contribution in [0, 0.1) is 16.4 Å². The first-order valence-corrected chi connectivity index (χ1v) is 6.06. The van der Waals surface area contributed by atoms with Crippen LogP contribution in [0.25, 0.3) is 0 Å². The molecule has 1 atom stereocenters. The third-order valence-electron chi connectivity index (χ3n) is 2.33. The van der Waals surface area contributed by atoms with Crippen LogP contribution in [0.15, 0.2) is 12.1 Å². The lowest BCUT2D eigenvalue weighted by atomic mass is 10.1. The molecule has 1 heterocycles. The van der Waals surface area contributed by atoms with Gasteiger partial charge in [0.25, 0.3) is 0 Å². The molecule has 0 saturated heterocycles. The molecule has 0 fully saturated rings. The normalized spacial score (nSPS) is 12.3. The van der Waals surface area contributed by atoms with E-state index in [0.717, 1.165) is 15.7 Å². The Balaban J connectivity index is 2.73. The van der Waals surface area contributed by atoms with Crippen LogP contribution >= 0.6 is 22.6 Å². The van der Waals surface area contributed by atoms with E-state index >= 15 is 0 Å². The van der Waals surface area contributed by atoms with Crippen molar-refractivity contribution in [1.29, 1.82) is 0 Å². The van der Waals surface area contributed by atoms with Gasteiger partial charge in [-0.15, -0.1) is 0 Å². The van der Waals surface area contributed by atoms with Crippen LogP contribution in [0.2, 0.25) is 0 Å². The molecule has 0 aliphatic heterocycles. The summed E-state index contributed by atoms with van der Waals surface area (Å²) in [5.74, 6) is 0.704. The van der Waals surface area contributed by atoms with Gasteiger partial charge in [-0.3, -0.25) is 4.79 Å². The average molecular weight is 318 g/mol. The van der Waals surface area contributed by atoms with E-state index in [9.17, 15) is 4.79 Å². The first-order valence-electron chi connectivity index (χ1n) is 4.98. The monoisotopic (exact) mass is 318 g/mol. The summed E-state index contributed by atoms with van der Waals surface area (Å²) in [4.78, 5) is 15.9. The Morgan fingerprint density at radius 2 is 2.27 bits per heavy atom. The highest BCUT2D eigenvalue weighted by Gasteiger charge is 2.11. The quantitative estimate of drug-likeness (QED) is 0.871. The summed E-state index contributed by atoms with van der Waals surface area (Å²) in [6, 6.07) is 3.78. The van der Waals surface area contributed by atoms with Gasteiger partial charge >= 0.3 is 0 Å². The molecule has 0 spiro atoms. The summed E-state index contributed by atoms with van der Waals surface area (Å²) >= 11 is 2.22. The first kappa shape index (κ1) is 12.4. The molecule has 15 heavy (non-hydrogen) atoms. The lowest BCUT2D eigenvalue weighted by molar-refractivity contribution is -0.119. The van der Waals surface area contributed by atoms with Gasteiger partial charge in [-0.2, -0.15) is 0 Å². The van der Waals surface area contributed by atoms with Crippen molar-refractivity contribution in [3.63, 3.8) is 0 Å². The van der Waals surface area contributed by atoms with Crippen molar-refractivity contribution in [2.45, 2.75) is 27.2 Å². The summed E-state index contributed by atoms with van der Waals surface area (Å²) in [6.07, 6.45) is 0.842. The first-order chi connectivity index (χ1) is 7.04. The fourth-order valence-electron chi connectivity index (χ4n) is 1.05. The van der Waals surface area contributed by atoms with Crippen molar-refractivity contribution in [1.82, 2.24) is 4.98 Å². The largest absolute Gasteiger partial charge is 0.310 e. The van der Waals surface area contributed by atoms with Crippen LogP contribution in [0.4, 0.5) is 5.82 Å². The predicted molar refractivity (Wildman–Crippen MR) is 69.8 cm³/mol. The predicted octanol–water partition coefficient (Wildman–Crippen LogP) is 2.98. The molecule has 1 N–H and O–H groups in total. The molecule has 3 nitrogen and oxygen atoms in total. The molecular formula is C11H15IN2O. The number of nitrogens with zero attached hydrogens (tertiary/aromatic N) is 1. The number of anilines is 1. The number of hydrogen-bond acceptors (Lipinski definition) is 2. The van der Waals surface area contributed by atoms with Crippen LogP contribution in [-0.4, -0.2) is 10.9 Å². The van der Waals surface area contributed by atoms with E-state index in [-0.39, 0.29) is 11.8 Å². The summed E-state index contributed by atoms with van der Waals surface area (Å²) < 4.78 is 1.11. The van der Waals surface area contributed by atoms with Gasteiger partial charge in [-0.25, -0.2) is 4.98 Å². The number of nitrogens with one attached hydrogen (secondary N) is 1. The second-order valence-electron chi connectivity index (χ2n) is 3.56. The van der Waals surface area contributed by atoms with Gasteiger partial charge in [0.1, 0.15) is 5.82 Å². The Labute approximate surface area is 104 Å². The van der Waals surface area contributed by atoms with Crippen molar-refractivity contribution in [2.75, 3.05) is 5.32 Å². The molecule has 0 radical (unpaired) electrons. The van der Waals surface area contributed by atoms with Gasteiger partial charge in [-0.1, -0.05) is 13.8 Å². The molecule has 1 aromatic rings. The number of pyridine rings is 1. The van der Waals surface area contributed by atoms with Crippen LogP contribution in [0.1, 0.15) is 26.0 Å². The number of amides is 1. The van der Waals surface area contributed by atoms with E-state index in [2.05, 4.69) is 32.9 Å². The highest BCUT2D eigenvalue weighted by molar-refractivity contribution is 14.1. The lowest BCUT2D eigenvalue weighted by Crippen LogP contribution is -2.20. The standard InChI is InChI=1S/C11H15IN2O/c1-4-7(2)11(15)14-10-6-5-9(12)8(3)13-10/h5-7H,4H2,1-3H3,(H,13,14,15)/t7-/m1/s1. The number of aromatic nitrogens is 1. The Kier molecular flexibility index (Phi) is 4.50. The minimum Gasteiger partial charge on any atom is -0.310 e. The molecule has 0 bridgehead atoms. The van der Waals surface area contributed by atoms with Gasteiger partial charge in [0.15, 0.2) is 0 Å². The van der Waals surface area contributed by atoms with Crippen LogP contribution in [-0.2, 0) is 4.79 Å². The van der Waals surface area contributed by atoms with E-state index in [4.69, 9.17) is 0 Å². The van der Waals surface area contributed by atoms with E-state index in [1.807, 2.05) is 32.9 Å². The van der Waals surface area contributed by atoms with Crippen molar-refractivity contribution in [3.8, 4) is 0 Å². The van der Waals surface area contributed by atoms with Gasteiger partial charge in [-0.05, 0) is 48.1 Å². The van der Waals surface area contributed by atoms with Crippen molar-refractivity contribution in [2.24, 2.45) is 5.92 Å². The molecule has 82 valence electrons. The summed E-state index contributed by atoms with van der Waals surface area (Å²) in [6.45, 7) is 5.84. The van der Waals surface area contributed by atoms with Gasteiger partial charge in [0, 0.05) is 9.49 Å². The Morgan fingerprint density at radius 1 is 1.60 bits per heavy atom. The zero-order chi connectivity index (χ0) is 11.4. The van der Waals surface area contributed by atoms with Gasteiger partial charge < -0.3 is 5.32 Å². The van der Waals surface area contributed by atoms with Gasteiger partial charge in [0.2, 0.25) is 5.91 Å². The maximum absolute atomic E-state index is 11.6. The molecule has 4 heteroatoms. The maximum atomic E-state index is 11.6. The van der Waals surface area contributed by atoms with Crippen molar-refractivity contribution >= 4 is 34.3 Å². The number of hydrogen-bond donors (Lipinski definition) is 1. The fourth-order valence-corrected chi connectivity index (χ4v) is 1.35. The maximum Gasteiger partial charge on any atom is 0.228 e. The summed E-state index contributed by atoms with van der Waals surface area (Å²) in [5.41, 5.74) is 0.942. The van der Waals surface area contributed by atoms with Crippen molar-refractivity contribution < 1.29 is 4.79 Å². The molecule has 1 amide bonds. The Morgan fingerprint density at radius 3 is 2.80 bits per heavy atom. The van der Waals surface area contributed by atoms with Crippen LogP contribution in [0.5, 0.6) is 0 Å². The topological polar surface area (TPSA) is 42.0 Å². The third-order valence-corrected chi connectivity index (χ3v) is 3.47. The van der Waals surface area contributed by atoms with Crippen LogP contribution < -0.4 is 5.32 Å². The molecule has 0 aliphatic carbocycles. The molecule has 0 aliphatic rings. The molecule has 1 rings (SSSR count). The van der Waals surface area contributed by atoms with E-state index in [1.165, 1.54) is 0 Å². The lowest BCUT2D eigenvalue weighted by Gasteiger charge is -2.09.